The molecule has 0 aliphatic heterocycles. The first-order valence-electron chi connectivity index (χ1n) is 11.7. The molecule has 1 aliphatic rings. The first-order chi connectivity index (χ1) is 16.7. The van der Waals surface area contributed by atoms with E-state index in [1.807, 2.05) is 19.2 Å². The second-order valence-electron chi connectivity index (χ2n) is 10.0. The van der Waals surface area contributed by atoms with Crippen LogP contribution in [0.25, 0.3) is 22.6 Å². The summed E-state index contributed by atoms with van der Waals surface area (Å²) in [5, 5.41) is 10.8. The van der Waals surface area contributed by atoms with Crippen molar-refractivity contribution in [2.24, 2.45) is 5.41 Å². The van der Waals surface area contributed by atoms with Crippen molar-refractivity contribution in [3.63, 3.8) is 0 Å². The molecule has 0 radical (unpaired) electrons. The molecule has 0 aromatic carbocycles. The number of aromatic amines is 1. The average Bonchev–Trinajstić information content (AvgIpc) is 3.53. The molecular weight excluding hydrogens is 484 g/mol. The van der Waals surface area contributed by atoms with Gasteiger partial charge in [-0.15, -0.1) is 11.3 Å². The monoisotopic (exact) mass is 514 g/mol. The summed E-state index contributed by atoms with van der Waals surface area (Å²) in [5.74, 6) is 1.73. The molecule has 35 heavy (non-hydrogen) atoms. The van der Waals surface area contributed by atoms with E-state index in [-0.39, 0.29) is 11.5 Å². The minimum absolute atomic E-state index is 0.120. The lowest BCUT2D eigenvalue weighted by atomic mass is 9.89. The predicted octanol–water partition coefficient (Wildman–Crippen LogP) is 5.14. The number of thiazole rings is 1. The summed E-state index contributed by atoms with van der Waals surface area (Å²) < 4.78 is 3.14. The number of pyridine rings is 1. The number of nitrogens with one attached hydrogen (secondary N) is 2. The molecular formula is C24H31ClN8OS. The number of halogens is 1. The highest BCUT2D eigenvalue weighted by atomic mass is 35.5. The Morgan fingerprint density at radius 1 is 1.26 bits per heavy atom. The molecule has 1 amide bonds. The summed E-state index contributed by atoms with van der Waals surface area (Å²) in [6, 6.07) is 2.57. The minimum atomic E-state index is 0.120. The molecule has 11 heteroatoms. The summed E-state index contributed by atoms with van der Waals surface area (Å²) >= 11 is 7.01. The van der Waals surface area contributed by atoms with E-state index in [9.17, 15) is 4.79 Å². The molecule has 1 aliphatic carbocycles. The van der Waals surface area contributed by atoms with Crippen molar-refractivity contribution >= 4 is 40.4 Å². The van der Waals surface area contributed by atoms with E-state index in [1.54, 1.807) is 6.20 Å². The zero-order chi connectivity index (χ0) is 25.0. The Balaban J connectivity index is 0.000000356. The van der Waals surface area contributed by atoms with Gasteiger partial charge in [0.1, 0.15) is 27.7 Å². The number of carbonyl (C=O) groups excluding carboxylic acids is 1. The molecule has 2 N–H and O–H groups in total. The fraction of sp³-hybridized carbons (Fsp3) is 0.500. The minimum Gasteiger partial charge on any atom is -0.356 e. The van der Waals surface area contributed by atoms with E-state index in [2.05, 4.69) is 55.8 Å². The van der Waals surface area contributed by atoms with Gasteiger partial charge >= 0.3 is 0 Å². The van der Waals surface area contributed by atoms with Gasteiger partial charge in [0, 0.05) is 18.5 Å². The Labute approximate surface area is 213 Å². The maximum absolute atomic E-state index is 11.0. The van der Waals surface area contributed by atoms with E-state index < -0.39 is 0 Å². The van der Waals surface area contributed by atoms with Crippen LogP contribution in [0.1, 0.15) is 63.3 Å². The van der Waals surface area contributed by atoms with Crippen LogP contribution in [0.3, 0.4) is 0 Å². The van der Waals surface area contributed by atoms with Gasteiger partial charge in [-0.3, -0.25) is 14.9 Å². The number of hydrogen-bond acceptors (Lipinski definition) is 7. The molecule has 4 heterocycles. The molecule has 9 nitrogen and oxygen atoms in total. The summed E-state index contributed by atoms with van der Waals surface area (Å²) in [6.07, 6.45) is 10.8. The molecule has 0 saturated heterocycles. The van der Waals surface area contributed by atoms with Crippen molar-refractivity contribution < 1.29 is 4.79 Å². The number of H-pyrrole nitrogens is 1. The van der Waals surface area contributed by atoms with Crippen LogP contribution in [-0.2, 0) is 11.2 Å². The lowest BCUT2D eigenvalue weighted by Gasteiger charge is -2.32. The second-order valence-corrected chi connectivity index (χ2v) is 11.9. The molecule has 0 bridgehead atoms. The Bertz CT molecular complexity index is 1240. The number of imidazole rings is 1. The van der Waals surface area contributed by atoms with E-state index >= 15 is 0 Å². The summed E-state index contributed by atoms with van der Waals surface area (Å²) in [5.41, 5.74) is 2.84. The maximum Gasteiger partial charge on any atom is 0.207 e. The number of aryl methyl sites for hydroxylation is 1. The molecule has 2 unspecified atom stereocenters. The number of nitrogens with zero attached hydrogens (tertiary/aromatic N) is 6. The fourth-order valence-electron chi connectivity index (χ4n) is 4.50. The topological polar surface area (TPSA) is 114 Å². The molecule has 1 fully saturated rings. The Hall–Kier alpha value is -2.85. The molecule has 0 spiro atoms. The van der Waals surface area contributed by atoms with Gasteiger partial charge in [0.05, 0.1) is 22.9 Å². The van der Waals surface area contributed by atoms with Crippen molar-refractivity contribution in [3.05, 3.63) is 40.0 Å². The van der Waals surface area contributed by atoms with Crippen molar-refractivity contribution in [2.75, 3.05) is 0 Å². The Kier molecular flexibility index (Phi) is 7.81. The van der Waals surface area contributed by atoms with Gasteiger partial charge in [-0.05, 0) is 44.1 Å². The number of carbonyl (C=O) groups is 1. The summed E-state index contributed by atoms with van der Waals surface area (Å²) in [4.78, 5) is 28.5. The van der Waals surface area contributed by atoms with Crippen LogP contribution in [0.15, 0.2) is 24.8 Å². The van der Waals surface area contributed by atoms with Crippen LogP contribution in [0, 0.1) is 12.3 Å². The van der Waals surface area contributed by atoms with Gasteiger partial charge in [-0.25, -0.2) is 15.0 Å². The van der Waals surface area contributed by atoms with Crippen LogP contribution in [0.2, 0.25) is 4.34 Å². The molecule has 4 aromatic heterocycles. The van der Waals surface area contributed by atoms with Crippen LogP contribution >= 0.6 is 22.9 Å². The van der Waals surface area contributed by atoms with Crippen molar-refractivity contribution in [1.29, 1.82) is 0 Å². The van der Waals surface area contributed by atoms with E-state index in [1.165, 1.54) is 17.7 Å². The third kappa shape index (κ3) is 6.43. The van der Waals surface area contributed by atoms with Crippen molar-refractivity contribution in [2.45, 2.75) is 71.9 Å². The van der Waals surface area contributed by atoms with Gasteiger partial charge in [-0.1, -0.05) is 32.4 Å². The van der Waals surface area contributed by atoms with Crippen LogP contribution in [0.4, 0.5) is 0 Å². The predicted molar refractivity (Wildman–Crippen MR) is 138 cm³/mol. The SMILES string of the molecule is CC(C)(C)Cc1nc2cnc(-c3ncn[nH]3)cc2n1C1CCCC(NC=O)C1.Cc1ncc(Cl)s1. The number of aromatic nitrogens is 7. The summed E-state index contributed by atoms with van der Waals surface area (Å²) in [7, 11) is 0. The standard InChI is InChI=1S/C20H27N7O.C4H4ClNS/c1-20(2,3)9-18-25-16-10-21-15(19-22-11-24-26-19)8-17(16)27(18)14-6-4-5-13(7-14)23-12-28;1-3-6-2-4(5)7-3/h8,10-14H,4-7,9H2,1-3H3,(H,23,28)(H,22,24,26);2H,1H3. The van der Waals surface area contributed by atoms with Gasteiger partial charge in [0.25, 0.3) is 0 Å². The highest BCUT2D eigenvalue weighted by Gasteiger charge is 2.28. The zero-order valence-electron chi connectivity index (χ0n) is 20.5. The van der Waals surface area contributed by atoms with Crippen LogP contribution < -0.4 is 5.32 Å². The highest BCUT2D eigenvalue weighted by molar-refractivity contribution is 7.15. The number of rotatable bonds is 5. The first-order valence-corrected chi connectivity index (χ1v) is 12.9. The lowest BCUT2D eigenvalue weighted by molar-refractivity contribution is -0.110. The first kappa shape index (κ1) is 25.2. The van der Waals surface area contributed by atoms with Crippen LogP contribution in [-0.4, -0.2) is 47.2 Å². The molecule has 4 aromatic rings. The number of fused-ring (bicyclic) bond motifs is 1. The molecule has 5 rings (SSSR count). The molecule has 186 valence electrons. The van der Waals surface area contributed by atoms with Gasteiger partial charge in [0.15, 0.2) is 5.82 Å². The van der Waals surface area contributed by atoms with Gasteiger partial charge in [0.2, 0.25) is 6.41 Å². The lowest BCUT2D eigenvalue weighted by Crippen LogP contribution is -2.34. The van der Waals surface area contributed by atoms with E-state index in [4.69, 9.17) is 16.6 Å². The van der Waals surface area contributed by atoms with Gasteiger partial charge < -0.3 is 9.88 Å². The maximum atomic E-state index is 11.0. The third-order valence-electron chi connectivity index (χ3n) is 5.90. The Morgan fingerprint density at radius 2 is 2.09 bits per heavy atom. The number of hydrogen-bond donors (Lipinski definition) is 2. The second kappa shape index (κ2) is 10.8. The normalized spacial score (nSPS) is 18.2. The largest absolute Gasteiger partial charge is 0.356 e. The molecule has 1 saturated carbocycles. The van der Waals surface area contributed by atoms with E-state index in [0.29, 0.717) is 11.9 Å². The highest BCUT2D eigenvalue weighted by Crippen LogP contribution is 2.35. The van der Waals surface area contributed by atoms with Crippen molar-refractivity contribution in [1.82, 2.24) is 40.0 Å². The van der Waals surface area contributed by atoms with Gasteiger partial charge in [-0.2, -0.15) is 5.10 Å². The fourth-order valence-corrected chi connectivity index (χ4v) is 5.37. The number of amides is 1. The third-order valence-corrected chi connectivity index (χ3v) is 6.93. The average molecular weight is 515 g/mol. The quantitative estimate of drug-likeness (QED) is 0.356. The Morgan fingerprint density at radius 3 is 2.69 bits per heavy atom. The summed E-state index contributed by atoms with van der Waals surface area (Å²) in [6.45, 7) is 8.61. The van der Waals surface area contributed by atoms with Crippen molar-refractivity contribution in [3.8, 4) is 11.5 Å². The van der Waals surface area contributed by atoms with Crippen LogP contribution in [0.5, 0.6) is 0 Å². The molecule has 2 atom stereocenters. The zero-order valence-corrected chi connectivity index (χ0v) is 22.0. The smallest absolute Gasteiger partial charge is 0.207 e. The van der Waals surface area contributed by atoms with E-state index in [0.717, 1.165) is 70.4 Å².